The van der Waals surface area contributed by atoms with E-state index in [1.165, 1.54) is 6.33 Å². The summed E-state index contributed by atoms with van der Waals surface area (Å²) in [6, 6.07) is 2.82. The number of halogens is 3. The van der Waals surface area contributed by atoms with Gasteiger partial charge in [0, 0.05) is 38.1 Å². The van der Waals surface area contributed by atoms with E-state index in [4.69, 9.17) is 0 Å². The highest BCUT2D eigenvalue weighted by Gasteiger charge is 2.34. The lowest BCUT2D eigenvalue weighted by molar-refractivity contribution is -0.141. The monoisotopic (exact) mass is 391 g/mol. The normalized spacial score (nSPS) is 17.9. The molecule has 0 aliphatic carbocycles. The van der Waals surface area contributed by atoms with E-state index in [2.05, 4.69) is 29.8 Å². The van der Waals surface area contributed by atoms with E-state index < -0.39 is 11.9 Å². The third-order valence-electron chi connectivity index (χ3n) is 5.02. The first kappa shape index (κ1) is 18.5. The molecule has 4 heterocycles. The van der Waals surface area contributed by atoms with Crippen molar-refractivity contribution in [2.75, 3.05) is 29.9 Å². The van der Waals surface area contributed by atoms with Crippen LogP contribution < -0.4 is 9.80 Å². The molecule has 10 heteroatoms. The van der Waals surface area contributed by atoms with Gasteiger partial charge in [0.25, 0.3) is 0 Å². The van der Waals surface area contributed by atoms with Gasteiger partial charge in [-0.05, 0) is 31.9 Å². The molecule has 1 fully saturated rings. The molecule has 0 radical (unpaired) electrons. The van der Waals surface area contributed by atoms with Crippen LogP contribution in [0.25, 0.3) is 11.0 Å². The molecule has 0 amide bonds. The van der Waals surface area contributed by atoms with Crippen molar-refractivity contribution in [2.24, 2.45) is 0 Å². The SMILES string of the molecule is Cc1cc2ncnc(N3CCCC(N(C)c4nccc(C(F)(F)F)n4)C3)c2[nH]1. The highest BCUT2D eigenvalue weighted by atomic mass is 19.4. The predicted molar refractivity (Wildman–Crippen MR) is 99.3 cm³/mol. The first-order valence-corrected chi connectivity index (χ1v) is 9.01. The molecule has 1 atom stereocenters. The van der Waals surface area contributed by atoms with Gasteiger partial charge >= 0.3 is 6.18 Å². The molecule has 0 saturated carbocycles. The lowest BCUT2D eigenvalue weighted by Crippen LogP contribution is -2.47. The molecule has 148 valence electrons. The number of aryl methyl sites for hydroxylation is 1. The van der Waals surface area contributed by atoms with Gasteiger partial charge in [-0.25, -0.2) is 19.9 Å². The van der Waals surface area contributed by atoms with Gasteiger partial charge in [0.15, 0.2) is 5.82 Å². The van der Waals surface area contributed by atoms with Crippen LogP contribution in [0.5, 0.6) is 0 Å². The van der Waals surface area contributed by atoms with Crippen molar-refractivity contribution in [1.29, 1.82) is 0 Å². The summed E-state index contributed by atoms with van der Waals surface area (Å²) in [7, 11) is 1.73. The second-order valence-electron chi connectivity index (χ2n) is 7.00. The van der Waals surface area contributed by atoms with Gasteiger partial charge in [0.05, 0.1) is 5.52 Å². The van der Waals surface area contributed by atoms with Gasteiger partial charge in [-0.1, -0.05) is 0 Å². The maximum absolute atomic E-state index is 13.0. The summed E-state index contributed by atoms with van der Waals surface area (Å²) in [5, 5.41) is 0. The molecular formula is C18H20F3N7. The first-order valence-electron chi connectivity index (χ1n) is 9.01. The Kier molecular flexibility index (Phi) is 4.56. The quantitative estimate of drug-likeness (QED) is 0.739. The predicted octanol–water partition coefficient (Wildman–Crippen LogP) is 3.18. The van der Waals surface area contributed by atoms with Crippen molar-refractivity contribution in [2.45, 2.75) is 32.0 Å². The van der Waals surface area contributed by atoms with Crippen LogP contribution in [-0.2, 0) is 6.18 Å². The molecule has 7 nitrogen and oxygen atoms in total. The van der Waals surface area contributed by atoms with Gasteiger partial charge in [0.2, 0.25) is 5.95 Å². The number of piperidine rings is 1. The number of fused-ring (bicyclic) bond motifs is 1. The van der Waals surface area contributed by atoms with Crippen molar-refractivity contribution in [1.82, 2.24) is 24.9 Å². The number of alkyl halides is 3. The summed E-state index contributed by atoms with van der Waals surface area (Å²) in [6.45, 7) is 3.39. The minimum Gasteiger partial charge on any atom is -0.354 e. The van der Waals surface area contributed by atoms with Crippen LogP contribution in [-0.4, -0.2) is 51.1 Å². The average Bonchev–Trinajstić information content (AvgIpc) is 3.07. The summed E-state index contributed by atoms with van der Waals surface area (Å²) >= 11 is 0. The van der Waals surface area contributed by atoms with Gasteiger partial charge in [-0.3, -0.25) is 0 Å². The lowest BCUT2D eigenvalue weighted by Gasteiger charge is -2.38. The van der Waals surface area contributed by atoms with Crippen LogP contribution in [0.15, 0.2) is 24.7 Å². The molecule has 28 heavy (non-hydrogen) atoms. The zero-order valence-corrected chi connectivity index (χ0v) is 15.5. The molecular weight excluding hydrogens is 371 g/mol. The Morgan fingerprint density at radius 1 is 1.25 bits per heavy atom. The number of hydrogen-bond acceptors (Lipinski definition) is 6. The highest BCUT2D eigenvalue weighted by Crippen LogP contribution is 2.30. The van der Waals surface area contributed by atoms with Gasteiger partial charge < -0.3 is 14.8 Å². The van der Waals surface area contributed by atoms with Crippen molar-refractivity contribution in [3.05, 3.63) is 36.0 Å². The van der Waals surface area contributed by atoms with Crippen molar-refractivity contribution < 1.29 is 13.2 Å². The van der Waals surface area contributed by atoms with E-state index in [1.54, 1.807) is 11.9 Å². The molecule has 1 saturated heterocycles. The third kappa shape index (κ3) is 3.46. The topological polar surface area (TPSA) is 73.8 Å². The number of hydrogen-bond donors (Lipinski definition) is 1. The average molecular weight is 391 g/mol. The van der Waals surface area contributed by atoms with E-state index in [0.29, 0.717) is 6.54 Å². The summed E-state index contributed by atoms with van der Waals surface area (Å²) < 4.78 is 38.9. The zero-order valence-electron chi connectivity index (χ0n) is 15.5. The molecule has 4 rings (SSSR count). The summed E-state index contributed by atoms with van der Waals surface area (Å²) in [5.41, 5.74) is 1.79. The summed E-state index contributed by atoms with van der Waals surface area (Å²) in [6.07, 6.45) is -0.0784. The first-order chi connectivity index (χ1) is 13.3. The second kappa shape index (κ2) is 6.92. The van der Waals surface area contributed by atoms with E-state index >= 15 is 0 Å². The molecule has 0 bridgehead atoms. The molecule has 0 spiro atoms. The van der Waals surface area contributed by atoms with Crippen molar-refractivity contribution >= 4 is 22.8 Å². The summed E-state index contributed by atoms with van der Waals surface area (Å²) in [5.74, 6) is 0.881. The largest absolute Gasteiger partial charge is 0.433 e. The molecule has 1 aliphatic rings. The number of nitrogens with zero attached hydrogens (tertiary/aromatic N) is 6. The molecule has 3 aromatic rings. The van der Waals surface area contributed by atoms with Gasteiger partial charge in [-0.15, -0.1) is 0 Å². The molecule has 1 aliphatic heterocycles. The van der Waals surface area contributed by atoms with Crippen LogP contribution in [0.3, 0.4) is 0 Å². The van der Waals surface area contributed by atoms with Crippen LogP contribution >= 0.6 is 0 Å². The highest BCUT2D eigenvalue weighted by molar-refractivity contribution is 5.86. The van der Waals surface area contributed by atoms with Crippen LogP contribution in [0.1, 0.15) is 24.2 Å². The fourth-order valence-electron chi connectivity index (χ4n) is 3.60. The third-order valence-corrected chi connectivity index (χ3v) is 5.02. The fourth-order valence-corrected chi connectivity index (χ4v) is 3.60. The van der Waals surface area contributed by atoms with Crippen LogP contribution in [0, 0.1) is 6.92 Å². The Bertz CT molecular complexity index is 985. The van der Waals surface area contributed by atoms with Gasteiger partial charge in [0.1, 0.15) is 17.5 Å². The number of H-pyrrole nitrogens is 1. The Labute approximate surface area is 159 Å². The zero-order chi connectivity index (χ0) is 19.9. The molecule has 0 aromatic carbocycles. The van der Waals surface area contributed by atoms with Crippen molar-refractivity contribution in [3.8, 4) is 0 Å². The number of aromatic nitrogens is 5. The van der Waals surface area contributed by atoms with E-state index in [9.17, 15) is 13.2 Å². The number of likely N-dealkylation sites (N-methyl/N-ethyl adjacent to an activating group) is 1. The van der Waals surface area contributed by atoms with E-state index in [1.807, 2.05) is 13.0 Å². The lowest BCUT2D eigenvalue weighted by atomic mass is 10.0. The maximum atomic E-state index is 13.0. The number of anilines is 2. The summed E-state index contributed by atoms with van der Waals surface area (Å²) in [4.78, 5) is 23.6. The smallest absolute Gasteiger partial charge is 0.354 e. The number of rotatable bonds is 3. The van der Waals surface area contributed by atoms with Crippen molar-refractivity contribution in [3.63, 3.8) is 0 Å². The standard InChI is InChI=1S/C18H20F3N7/c1-11-8-13-15(25-11)16(24-10-23-13)28-7-3-4-12(9-28)27(2)17-22-6-5-14(26-17)18(19,20)21/h5-6,8,10,12,25H,3-4,7,9H2,1-2H3. The molecule has 1 unspecified atom stereocenters. The minimum atomic E-state index is -4.49. The minimum absolute atomic E-state index is 0.0293. The Balaban J connectivity index is 1.58. The Morgan fingerprint density at radius 2 is 2.07 bits per heavy atom. The van der Waals surface area contributed by atoms with E-state index in [-0.39, 0.29) is 12.0 Å². The molecule has 1 N–H and O–H groups in total. The van der Waals surface area contributed by atoms with E-state index in [0.717, 1.165) is 54.2 Å². The van der Waals surface area contributed by atoms with Crippen LogP contribution in [0.2, 0.25) is 0 Å². The van der Waals surface area contributed by atoms with Crippen LogP contribution in [0.4, 0.5) is 24.9 Å². The Hall–Kier alpha value is -2.91. The number of nitrogens with one attached hydrogen (secondary N) is 1. The fraction of sp³-hybridized carbons (Fsp3) is 0.444. The second-order valence-corrected chi connectivity index (χ2v) is 7.00. The maximum Gasteiger partial charge on any atom is 0.433 e. The Morgan fingerprint density at radius 3 is 2.86 bits per heavy atom. The number of aromatic amines is 1. The van der Waals surface area contributed by atoms with Gasteiger partial charge in [-0.2, -0.15) is 13.2 Å². The molecule has 3 aromatic heterocycles.